The number of hydrogen-bond donors (Lipinski definition) is 1. The van der Waals surface area contributed by atoms with E-state index < -0.39 is 0 Å². The van der Waals surface area contributed by atoms with Gasteiger partial charge in [-0.3, -0.25) is 0 Å². The van der Waals surface area contributed by atoms with Crippen molar-refractivity contribution in [2.45, 2.75) is 32.2 Å². The summed E-state index contributed by atoms with van der Waals surface area (Å²) in [5.41, 5.74) is 0. The summed E-state index contributed by atoms with van der Waals surface area (Å²) in [5, 5.41) is 3.55. The summed E-state index contributed by atoms with van der Waals surface area (Å²) < 4.78 is 0. The zero-order valence-electron chi connectivity index (χ0n) is 6.06. The Morgan fingerprint density at radius 3 is 2.44 bits per heavy atom. The van der Waals surface area contributed by atoms with Gasteiger partial charge in [0.15, 0.2) is 0 Å². The summed E-state index contributed by atoms with van der Waals surface area (Å²) in [6.07, 6.45) is 4.36. The summed E-state index contributed by atoms with van der Waals surface area (Å²) in [6.45, 7) is 3.70. The predicted molar refractivity (Wildman–Crippen MR) is 38.3 cm³/mol. The molecule has 0 spiro atoms. The molecule has 1 heteroatoms. The molecule has 9 heavy (non-hydrogen) atoms. The molecular formula is C8H15N. The average molecular weight is 125 g/mol. The van der Waals surface area contributed by atoms with Gasteiger partial charge in [-0.25, -0.2) is 0 Å². The fourth-order valence-corrected chi connectivity index (χ4v) is 2.27. The van der Waals surface area contributed by atoms with Gasteiger partial charge in [-0.15, -0.1) is 0 Å². The highest BCUT2D eigenvalue weighted by Gasteiger charge is 2.31. The maximum atomic E-state index is 3.55. The first kappa shape index (κ1) is 5.72. The molecule has 1 saturated carbocycles. The van der Waals surface area contributed by atoms with Crippen LogP contribution in [0.1, 0.15) is 26.2 Å². The third-order valence-corrected chi connectivity index (χ3v) is 3.02. The Balaban J connectivity index is 2.06. The molecule has 0 aromatic rings. The van der Waals surface area contributed by atoms with Gasteiger partial charge in [0.25, 0.3) is 0 Å². The van der Waals surface area contributed by atoms with Crippen molar-refractivity contribution in [2.24, 2.45) is 11.8 Å². The third-order valence-electron chi connectivity index (χ3n) is 3.02. The van der Waals surface area contributed by atoms with Crippen LogP contribution in [0.25, 0.3) is 0 Å². The molecule has 0 amide bonds. The Morgan fingerprint density at radius 2 is 2.22 bits per heavy atom. The van der Waals surface area contributed by atoms with Crippen molar-refractivity contribution in [2.75, 3.05) is 6.54 Å². The number of rotatable bonds is 0. The van der Waals surface area contributed by atoms with E-state index in [1.165, 1.54) is 25.8 Å². The molecule has 1 nitrogen and oxygen atoms in total. The summed E-state index contributed by atoms with van der Waals surface area (Å²) >= 11 is 0. The van der Waals surface area contributed by atoms with Crippen LogP contribution in [0.15, 0.2) is 0 Å². The van der Waals surface area contributed by atoms with Crippen LogP contribution >= 0.6 is 0 Å². The first-order valence-electron chi connectivity index (χ1n) is 4.09. The molecule has 2 aliphatic heterocycles. The van der Waals surface area contributed by atoms with Gasteiger partial charge in [-0.2, -0.15) is 0 Å². The fraction of sp³-hybridized carbons (Fsp3) is 1.00. The molecule has 3 fully saturated rings. The summed E-state index contributed by atoms with van der Waals surface area (Å²) in [7, 11) is 0. The van der Waals surface area contributed by atoms with Gasteiger partial charge in [0.1, 0.15) is 0 Å². The van der Waals surface area contributed by atoms with Crippen molar-refractivity contribution >= 4 is 0 Å². The first-order valence-corrected chi connectivity index (χ1v) is 4.09. The molecular weight excluding hydrogens is 110 g/mol. The summed E-state index contributed by atoms with van der Waals surface area (Å²) in [4.78, 5) is 0. The highest BCUT2D eigenvalue weighted by molar-refractivity contribution is 4.88. The van der Waals surface area contributed by atoms with Gasteiger partial charge in [0, 0.05) is 6.04 Å². The zero-order chi connectivity index (χ0) is 6.27. The second-order valence-corrected chi connectivity index (χ2v) is 3.66. The minimum absolute atomic E-state index is 0.880. The van der Waals surface area contributed by atoms with Crippen LogP contribution in [-0.4, -0.2) is 12.6 Å². The van der Waals surface area contributed by atoms with E-state index in [9.17, 15) is 0 Å². The number of nitrogens with one attached hydrogen (secondary N) is 1. The molecule has 3 aliphatic rings. The van der Waals surface area contributed by atoms with Gasteiger partial charge < -0.3 is 5.32 Å². The molecule has 3 rings (SSSR count). The summed E-state index contributed by atoms with van der Waals surface area (Å²) in [5.74, 6) is 2.01. The third kappa shape index (κ3) is 0.877. The fourth-order valence-electron chi connectivity index (χ4n) is 2.27. The second-order valence-electron chi connectivity index (χ2n) is 3.66. The Morgan fingerprint density at radius 1 is 1.33 bits per heavy atom. The van der Waals surface area contributed by atoms with Crippen LogP contribution in [-0.2, 0) is 0 Å². The van der Waals surface area contributed by atoms with Gasteiger partial charge in [-0.1, -0.05) is 6.92 Å². The van der Waals surface area contributed by atoms with Crippen molar-refractivity contribution in [3.05, 3.63) is 0 Å². The van der Waals surface area contributed by atoms with Crippen LogP contribution in [0.2, 0.25) is 0 Å². The lowest BCUT2D eigenvalue weighted by atomic mass is 9.74. The van der Waals surface area contributed by atoms with Crippen molar-refractivity contribution in [3.8, 4) is 0 Å². The van der Waals surface area contributed by atoms with Crippen LogP contribution < -0.4 is 5.32 Å². The maximum absolute atomic E-state index is 3.55. The van der Waals surface area contributed by atoms with Gasteiger partial charge in [0.2, 0.25) is 0 Å². The lowest BCUT2D eigenvalue weighted by molar-refractivity contribution is 0.145. The molecule has 2 bridgehead atoms. The minimum atomic E-state index is 0.880. The lowest BCUT2D eigenvalue weighted by Crippen LogP contribution is -2.48. The Bertz CT molecular complexity index is 103. The molecule has 2 heterocycles. The number of piperidine rings is 2. The van der Waals surface area contributed by atoms with Crippen LogP contribution in [0.3, 0.4) is 0 Å². The van der Waals surface area contributed by atoms with E-state index in [0.29, 0.717) is 0 Å². The summed E-state index contributed by atoms with van der Waals surface area (Å²) in [6, 6.07) is 0.880. The minimum Gasteiger partial charge on any atom is -0.314 e. The van der Waals surface area contributed by atoms with E-state index in [-0.39, 0.29) is 0 Å². The van der Waals surface area contributed by atoms with Crippen molar-refractivity contribution < 1.29 is 0 Å². The standard InChI is InChI=1S/C8H15N/c1-6-4-8-3-2-7(6)5-9-8/h6-9H,2-5H2,1H3/t6-,7-,8-/m1/s1. The van der Waals surface area contributed by atoms with Gasteiger partial charge >= 0.3 is 0 Å². The van der Waals surface area contributed by atoms with E-state index in [2.05, 4.69) is 12.2 Å². The number of hydrogen-bond acceptors (Lipinski definition) is 1. The van der Waals surface area contributed by atoms with Gasteiger partial charge in [0.05, 0.1) is 0 Å². The maximum Gasteiger partial charge on any atom is 0.00699 e. The van der Waals surface area contributed by atoms with Crippen LogP contribution in [0.5, 0.6) is 0 Å². The molecule has 0 radical (unpaired) electrons. The van der Waals surface area contributed by atoms with Crippen LogP contribution in [0.4, 0.5) is 0 Å². The molecule has 52 valence electrons. The highest BCUT2D eigenvalue weighted by atomic mass is 14.9. The zero-order valence-corrected chi connectivity index (χ0v) is 6.06. The predicted octanol–water partition coefficient (Wildman–Crippen LogP) is 1.39. The Kier molecular flexibility index (Phi) is 1.26. The number of fused-ring (bicyclic) bond motifs is 3. The average Bonchev–Trinajstić information content (AvgIpc) is 1.90. The second kappa shape index (κ2) is 1.98. The van der Waals surface area contributed by atoms with Crippen molar-refractivity contribution in [3.63, 3.8) is 0 Å². The Hall–Kier alpha value is -0.0400. The first-order chi connectivity index (χ1) is 4.36. The van der Waals surface area contributed by atoms with Crippen molar-refractivity contribution in [1.82, 2.24) is 5.32 Å². The van der Waals surface area contributed by atoms with E-state index in [1.54, 1.807) is 0 Å². The molecule has 3 atom stereocenters. The molecule has 0 unspecified atom stereocenters. The monoisotopic (exact) mass is 125 g/mol. The highest BCUT2D eigenvalue weighted by Crippen LogP contribution is 2.33. The van der Waals surface area contributed by atoms with E-state index >= 15 is 0 Å². The molecule has 1 aliphatic carbocycles. The molecule has 2 saturated heterocycles. The SMILES string of the molecule is C[C@@H]1C[C@H]2CC[C@@H]1CN2. The largest absolute Gasteiger partial charge is 0.314 e. The topological polar surface area (TPSA) is 12.0 Å². The quantitative estimate of drug-likeness (QED) is 0.516. The van der Waals surface area contributed by atoms with Crippen molar-refractivity contribution in [1.29, 1.82) is 0 Å². The lowest BCUT2D eigenvalue weighted by Gasteiger charge is -2.41. The van der Waals surface area contributed by atoms with E-state index in [0.717, 1.165) is 17.9 Å². The van der Waals surface area contributed by atoms with Gasteiger partial charge in [-0.05, 0) is 37.6 Å². The molecule has 0 aromatic heterocycles. The smallest absolute Gasteiger partial charge is 0.00699 e. The normalized spacial score (nSPS) is 49.7. The van der Waals surface area contributed by atoms with E-state index in [1.807, 2.05) is 0 Å². The Labute approximate surface area is 56.8 Å². The van der Waals surface area contributed by atoms with Crippen LogP contribution in [0, 0.1) is 11.8 Å². The molecule has 0 aromatic carbocycles. The molecule has 1 N–H and O–H groups in total. The van der Waals surface area contributed by atoms with E-state index in [4.69, 9.17) is 0 Å².